The maximum absolute atomic E-state index is 12.0. The Hall–Kier alpha value is -2.41. The van der Waals surface area contributed by atoms with Crippen molar-refractivity contribution in [2.45, 2.75) is 27.7 Å². The van der Waals surface area contributed by atoms with Crippen LogP contribution in [0.25, 0.3) is 0 Å². The van der Waals surface area contributed by atoms with E-state index in [-0.39, 0.29) is 12.5 Å². The molecule has 0 saturated carbocycles. The molecule has 2 aromatic rings. The number of anilines is 1. The van der Waals surface area contributed by atoms with Gasteiger partial charge < -0.3 is 9.47 Å². The smallest absolute Gasteiger partial charge is 0.350 e. The predicted molar refractivity (Wildman–Crippen MR) is 92.8 cm³/mol. The second kappa shape index (κ2) is 7.92. The molecule has 1 heterocycles. The lowest BCUT2D eigenvalue weighted by molar-refractivity contribution is -0.118. The van der Waals surface area contributed by atoms with Crippen molar-refractivity contribution in [2.24, 2.45) is 0 Å². The van der Waals surface area contributed by atoms with Gasteiger partial charge in [-0.1, -0.05) is 29.0 Å². The number of aromatic nitrogens is 1. The van der Waals surface area contributed by atoms with Crippen LogP contribution in [0.1, 0.15) is 33.4 Å². The van der Waals surface area contributed by atoms with Crippen LogP contribution in [0.5, 0.6) is 5.75 Å². The van der Waals surface area contributed by atoms with E-state index in [0.29, 0.717) is 28.1 Å². The Balaban J connectivity index is 1.95. The van der Waals surface area contributed by atoms with Gasteiger partial charge in [0, 0.05) is 0 Å². The van der Waals surface area contributed by atoms with E-state index in [9.17, 15) is 9.59 Å². The van der Waals surface area contributed by atoms with Crippen LogP contribution in [0.3, 0.4) is 0 Å². The lowest BCUT2D eigenvalue weighted by Gasteiger charge is -2.09. The molecule has 6 nitrogen and oxygen atoms in total. The summed E-state index contributed by atoms with van der Waals surface area (Å²) in [6.07, 6.45) is 0. The van der Waals surface area contributed by atoms with Crippen molar-refractivity contribution in [2.75, 3.05) is 18.5 Å². The highest BCUT2D eigenvalue weighted by molar-refractivity contribution is 7.17. The molecule has 128 valence electrons. The number of nitrogens with one attached hydrogen (secondary N) is 1. The number of thiazole rings is 1. The van der Waals surface area contributed by atoms with Crippen LogP contribution in [0.2, 0.25) is 0 Å². The lowest BCUT2D eigenvalue weighted by Crippen LogP contribution is -2.20. The number of amides is 1. The molecule has 0 radical (unpaired) electrons. The van der Waals surface area contributed by atoms with Crippen LogP contribution in [-0.4, -0.2) is 30.1 Å². The van der Waals surface area contributed by atoms with Gasteiger partial charge in [0.25, 0.3) is 5.91 Å². The van der Waals surface area contributed by atoms with Crippen LogP contribution in [0.4, 0.5) is 5.13 Å². The van der Waals surface area contributed by atoms with Gasteiger partial charge in [-0.15, -0.1) is 0 Å². The topological polar surface area (TPSA) is 77.5 Å². The summed E-state index contributed by atoms with van der Waals surface area (Å²) in [6.45, 7) is 7.52. The van der Waals surface area contributed by atoms with Crippen molar-refractivity contribution in [3.63, 3.8) is 0 Å². The number of carbonyl (C=O) groups excluding carboxylic acids is 2. The van der Waals surface area contributed by atoms with Crippen molar-refractivity contribution in [3.05, 3.63) is 39.9 Å². The Labute approximate surface area is 144 Å². The standard InChI is InChI=1S/C17H20N2O4S/c1-5-22-16(21)15-12(4)18-17(24-15)19-14(20)9-23-13-7-6-10(2)8-11(13)3/h6-8H,5,9H2,1-4H3,(H,18,19,20). The van der Waals surface area contributed by atoms with Gasteiger partial charge >= 0.3 is 5.97 Å². The van der Waals surface area contributed by atoms with Gasteiger partial charge in [0.1, 0.15) is 10.6 Å². The minimum Gasteiger partial charge on any atom is -0.483 e. The number of ether oxygens (including phenoxy) is 2. The Morgan fingerprint density at radius 2 is 2.00 bits per heavy atom. The summed E-state index contributed by atoms with van der Waals surface area (Å²) in [5.74, 6) is -0.100. The highest BCUT2D eigenvalue weighted by Crippen LogP contribution is 2.23. The first kappa shape index (κ1) is 17.9. The molecule has 1 aromatic carbocycles. The van der Waals surface area contributed by atoms with Crippen LogP contribution >= 0.6 is 11.3 Å². The molecule has 0 unspecified atom stereocenters. The maximum atomic E-state index is 12.0. The van der Waals surface area contributed by atoms with Gasteiger partial charge in [-0.25, -0.2) is 9.78 Å². The SMILES string of the molecule is CCOC(=O)c1sc(NC(=O)COc2ccc(C)cc2C)nc1C. The minimum absolute atomic E-state index is 0.128. The van der Waals surface area contributed by atoms with Crippen LogP contribution in [0, 0.1) is 20.8 Å². The molecule has 1 amide bonds. The fraction of sp³-hybridized carbons (Fsp3) is 0.353. The normalized spacial score (nSPS) is 10.3. The largest absolute Gasteiger partial charge is 0.483 e. The molecular formula is C17H20N2O4S. The third kappa shape index (κ3) is 4.55. The zero-order valence-corrected chi connectivity index (χ0v) is 15.0. The first-order chi connectivity index (χ1) is 11.4. The molecule has 0 aliphatic carbocycles. The lowest BCUT2D eigenvalue weighted by atomic mass is 10.1. The molecule has 0 aliphatic heterocycles. The molecule has 24 heavy (non-hydrogen) atoms. The summed E-state index contributed by atoms with van der Waals surface area (Å²) in [4.78, 5) is 28.3. The first-order valence-corrected chi connectivity index (χ1v) is 8.36. The molecule has 1 N–H and O–H groups in total. The number of nitrogens with zero attached hydrogens (tertiary/aromatic N) is 1. The van der Waals surface area contributed by atoms with Gasteiger partial charge in [0.15, 0.2) is 11.7 Å². The van der Waals surface area contributed by atoms with E-state index in [1.54, 1.807) is 13.8 Å². The Morgan fingerprint density at radius 3 is 2.67 bits per heavy atom. The fourth-order valence-corrected chi connectivity index (χ4v) is 2.97. The molecule has 2 rings (SSSR count). The highest BCUT2D eigenvalue weighted by Gasteiger charge is 2.17. The van der Waals surface area contributed by atoms with Gasteiger partial charge in [-0.3, -0.25) is 10.1 Å². The third-order valence-electron chi connectivity index (χ3n) is 3.19. The Morgan fingerprint density at radius 1 is 1.25 bits per heavy atom. The summed E-state index contributed by atoms with van der Waals surface area (Å²) in [5, 5.41) is 2.99. The van der Waals surface area contributed by atoms with Gasteiger partial charge in [0.2, 0.25) is 0 Å². The number of benzene rings is 1. The maximum Gasteiger partial charge on any atom is 0.350 e. The zero-order chi connectivity index (χ0) is 17.7. The summed E-state index contributed by atoms with van der Waals surface area (Å²) < 4.78 is 10.5. The second-order valence-electron chi connectivity index (χ2n) is 5.26. The summed E-state index contributed by atoms with van der Waals surface area (Å²) >= 11 is 1.09. The number of aryl methyl sites for hydroxylation is 3. The average Bonchev–Trinajstić information content (AvgIpc) is 2.87. The Kier molecular flexibility index (Phi) is 5.92. The van der Waals surface area contributed by atoms with Crippen molar-refractivity contribution in [1.82, 2.24) is 4.98 Å². The predicted octanol–water partition coefficient (Wildman–Crippen LogP) is 3.26. The summed E-state index contributed by atoms with van der Waals surface area (Å²) in [6, 6.07) is 5.75. The van der Waals surface area contributed by atoms with E-state index in [1.807, 2.05) is 32.0 Å². The van der Waals surface area contributed by atoms with E-state index >= 15 is 0 Å². The van der Waals surface area contributed by atoms with Crippen molar-refractivity contribution >= 4 is 28.3 Å². The summed E-state index contributed by atoms with van der Waals surface area (Å²) in [7, 11) is 0. The summed E-state index contributed by atoms with van der Waals surface area (Å²) in [5.41, 5.74) is 2.63. The molecular weight excluding hydrogens is 328 g/mol. The number of rotatable bonds is 6. The van der Waals surface area contributed by atoms with Crippen molar-refractivity contribution in [3.8, 4) is 5.75 Å². The molecule has 0 aliphatic rings. The van der Waals surface area contributed by atoms with E-state index < -0.39 is 5.97 Å². The number of esters is 1. The number of hydrogen-bond donors (Lipinski definition) is 1. The molecule has 0 saturated heterocycles. The molecule has 0 spiro atoms. The average molecular weight is 348 g/mol. The quantitative estimate of drug-likeness (QED) is 0.811. The molecule has 1 aromatic heterocycles. The van der Waals surface area contributed by atoms with Crippen LogP contribution < -0.4 is 10.1 Å². The van der Waals surface area contributed by atoms with Crippen LogP contribution in [-0.2, 0) is 9.53 Å². The van der Waals surface area contributed by atoms with Crippen molar-refractivity contribution < 1.29 is 19.1 Å². The minimum atomic E-state index is -0.431. The van der Waals surface area contributed by atoms with Gasteiger partial charge in [-0.2, -0.15) is 0 Å². The van der Waals surface area contributed by atoms with E-state index in [0.717, 1.165) is 22.5 Å². The molecule has 7 heteroatoms. The van der Waals surface area contributed by atoms with E-state index in [2.05, 4.69) is 10.3 Å². The Bertz CT molecular complexity index is 755. The second-order valence-corrected chi connectivity index (χ2v) is 6.26. The van der Waals surface area contributed by atoms with Gasteiger partial charge in [0.05, 0.1) is 12.3 Å². The monoisotopic (exact) mass is 348 g/mol. The fourth-order valence-electron chi connectivity index (χ4n) is 2.10. The zero-order valence-electron chi connectivity index (χ0n) is 14.1. The third-order valence-corrected chi connectivity index (χ3v) is 4.25. The molecule has 0 atom stereocenters. The number of hydrogen-bond acceptors (Lipinski definition) is 6. The van der Waals surface area contributed by atoms with Crippen molar-refractivity contribution in [1.29, 1.82) is 0 Å². The highest BCUT2D eigenvalue weighted by atomic mass is 32.1. The first-order valence-electron chi connectivity index (χ1n) is 7.55. The van der Waals surface area contributed by atoms with Crippen LogP contribution in [0.15, 0.2) is 18.2 Å². The van der Waals surface area contributed by atoms with Gasteiger partial charge in [-0.05, 0) is 39.3 Å². The molecule has 0 bridgehead atoms. The van der Waals surface area contributed by atoms with E-state index in [1.165, 1.54) is 0 Å². The molecule has 0 fully saturated rings. The van der Waals surface area contributed by atoms with E-state index in [4.69, 9.17) is 9.47 Å². The number of carbonyl (C=O) groups is 2.